The number of nitrogens with two attached hydrogens (primary N) is 1. The number of carbonyl (C=O) groups excluding carboxylic acids is 2. The first-order chi connectivity index (χ1) is 7.93. The second-order valence-corrected chi connectivity index (χ2v) is 3.13. The Labute approximate surface area is 97.3 Å². The van der Waals surface area contributed by atoms with E-state index in [0.717, 1.165) is 0 Å². The summed E-state index contributed by atoms with van der Waals surface area (Å²) >= 11 is 0. The lowest BCUT2D eigenvalue weighted by atomic mass is 10.2. The van der Waals surface area contributed by atoms with Gasteiger partial charge in [-0.15, -0.1) is 0 Å². The zero-order chi connectivity index (χ0) is 13.4. The fourth-order valence-corrected chi connectivity index (χ4v) is 1.11. The van der Waals surface area contributed by atoms with Gasteiger partial charge in [-0.25, -0.2) is 13.6 Å². The van der Waals surface area contributed by atoms with Crippen molar-refractivity contribution in [1.29, 1.82) is 0 Å². The van der Waals surface area contributed by atoms with Crippen molar-refractivity contribution in [2.45, 2.75) is 19.4 Å². The lowest BCUT2D eigenvalue weighted by Crippen LogP contribution is -2.51. The second kappa shape index (κ2) is 7.91. The molecular formula is C9H16F2N2O4. The number of hydrogen-bond donors (Lipinski definition) is 2. The molecule has 100 valence electrons. The van der Waals surface area contributed by atoms with Crippen molar-refractivity contribution in [3.63, 3.8) is 0 Å². The zero-order valence-corrected chi connectivity index (χ0v) is 9.44. The summed E-state index contributed by atoms with van der Waals surface area (Å²) in [4.78, 5) is 23.3. The molecule has 8 heteroatoms. The minimum atomic E-state index is -2.76. The average molecular weight is 254 g/mol. The molecule has 0 aromatic heterocycles. The number of amides is 1. The molecule has 0 aromatic rings. The van der Waals surface area contributed by atoms with Gasteiger partial charge >= 0.3 is 5.97 Å². The van der Waals surface area contributed by atoms with Crippen molar-refractivity contribution < 1.29 is 28.2 Å². The highest BCUT2D eigenvalue weighted by molar-refractivity contribution is 6.01. The summed E-state index contributed by atoms with van der Waals surface area (Å²) in [6.45, 7) is -0.120. The van der Waals surface area contributed by atoms with Crippen LogP contribution in [0.1, 0.15) is 6.92 Å². The van der Waals surface area contributed by atoms with Crippen molar-refractivity contribution >= 4 is 11.9 Å². The number of ether oxygens (including phenoxy) is 1. The predicted molar refractivity (Wildman–Crippen MR) is 54.3 cm³/mol. The van der Waals surface area contributed by atoms with E-state index in [1.54, 1.807) is 0 Å². The smallest absolute Gasteiger partial charge is 0.332 e. The van der Waals surface area contributed by atoms with Crippen LogP contribution < -0.4 is 5.73 Å². The monoisotopic (exact) mass is 254 g/mol. The maximum Gasteiger partial charge on any atom is 0.332 e. The summed E-state index contributed by atoms with van der Waals surface area (Å²) in [6.07, 6.45) is -2.76. The largest absolute Gasteiger partial charge is 0.464 e. The van der Waals surface area contributed by atoms with Crippen molar-refractivity contribution in [2.75, 3.05) is 26.3 Å². The molecule has 0 saturated carbocycles. The number of esters is 1. The molecule has 0 aliphatic rings. The zero-order valence-electron chi connectivity index (χ0n) is 9.44. The number of carbonyl (C=O) groups is 2. The van der Waals surface area contributed by atoms with Crippen LogP contribution in [0.5, 0.6) is 0 Å². The summed E-state index contributed by atoms with van der Waals surface area (Å²) in [6, 6.07) is -1.64. The van der Waals surface area contributed by atoms with Gasteiger partial charge in [-0.05, 0) is 6.92 Å². The van der Waals surface area contributed by atoms with Crippen LogP contribution in [0.25, 0.3) is 0 Å². The van der Waals surface area contributed by atoms with E-state index in [9.17, 15) is 18.4 Å². The van der Waals surface area contributed by atoms with Gasteiger partial charge in [0, 0.05) is 6.54 Å². The molecule has 0 aromatic carbocycles. The summed E-state index contributed by atoms with van der Waals surface area (Å²) in [5, 5.41) is 8.63. The van der Waals surface area contributed by atoms with Crippen molar-refractivity contribution in [3.05, 3.63) is 0 Å². The Morgan fingerprint density at radius 1 is 1.47 bits per heavy atom. The Hall–Kier alpha value is -1.28. The van der Waals surface area contributed by atoms with E-state index in [1.807, 2.05) is 0 Å². The van der Waals surface area contributed by atoms with Crippen LogP contribution in [0, 0.1) is 0 Å². The first kappa shape index (κ1) is 15.7. The molecule has 0 aliphatic heterocycles. The third kappa shape index (κ3) is 5.55. The van der Waals surface area contributed by atoms with E-state index in [4.69, 9.17) is 10.8 Å². The summed E-state index contributed by atoms with van der Waals surface area (Å²) in [5.41, 5.74) is 5.26. The van der Waals surface area contributed by atoms with E-state index in [-0.39, 0.29) is 13.2 Å². The SMILES string of the molecule is CCOC(=O)C(N)C(=O)N(CCO)CC(F)F. The van der Waals surface area contributed by atoms with Gasteiger partial charge in [-0.1, -0.05) is 0 Å². The van der Waals surface area contributed by atoms with Crippen LogP contribution in [0.3, 0.4) is 0 Å². The Morgan fingerprint density at radius 3 is 2.47 bits per heavy atom. The number of hydrogen-bond acceptors (Lipinski definition) is 5. The van der Waals surface area contributed by atoms with Crippen LogP contribution in [0.2, 0.25) is 0 Å². The molecule has 0 bridgehead atoms. The lowest BCUT2D eigenvalue weighted by molar-refractivity contribution is -0.151. The predicted octanol–water partition coefficient (Wildman–Crippen LogP) is -1.04. The fraction of sp³-hybridized carbons (Fsp3) is 0.778. The molecule has 0 saturated heterocycles. The molecule has 1 amide bonds. The molecule has 1 atom stereocenters. The lowest BCUT2D eigenvalue weighted by Gasteiger charge is -2.23. The van der Waals surface area contributed by atoms with Gasteiger partial charge in [0.1, 0.15) is 0 Å². The number of nitrogens with zero attached hydrogens (tertiary/aromatic N) is 1. The first-order valence-electron chi connectivity index (χ1n) is 5.04. The number of alkyl halides is 2. The maximum absolute atomic E-state index is 12.1. The maximum atomic E-state index is 12.1. The molecule has 0 aliphatic carbocycles. The fourth-order valence-electron chi connectivity index (χ4n) is 1.11. The quantitative estimate of drug-likeness (QED) is 0.447. The first-order valence-corrected chi connectivity index (χ1v) is 5.04. The number of halogens is 2. The average Bonchev–Trinajstić information content (AvgIpc) is 2.26. The highest BCUT2D eigenvalue weighted by Gasteiger charge is 2.29. The van der Waals surface area contributed by atoms with Crippen molar-refractivity contribution in [2.24, 2.45) is 5.73 Å². The van der Waals surface area contributed by atoms with Gasteiger partial charge in [0.2, 0.25) is 0 Å². The highest BCUT2D eigenvalue weighted by Crippen LogP contribution is 2.01. The van der Waals surface area contributed by atoms with Crippen LogP contribution >= 0.6 is 0 Å². The Morgan fingerprint density at radius 2 is 2.06 bits per heavy atom. The number of aliphatic hydroxyl groups excluding tert-OH is 1. The van der Waals surface area contributed by atoms with Gasteiger partial charge in [-0.3, -0.25) is 4.79 Å². The summed E-state index contributed by atoms with van der Waals surface area (Å²) in [7, 11) is 0. The molecule has 3 N–H and O–H groups in total. The Bertz CT molecular complexity index is 263. The summed E-state index contributed by atoms with van der Waals surface area (Å²) in [5.74, 6) is -1.97. The molecular weight excluding hydrogens is 238 g/mol. The van der Waals surface area contributed by atoms with Crippen LogP contribution in [0.15, 0.2) is 0 Å². The topological polar surface area (TPSA) is 92.9 Å². The molecule has 6 nitrogen and oxygen atoms in total. The van der Waals surface area contributed by atoms with E-state index < -0.39 is 37.5 Å². The van der Waals surface area contributed by atoms with Crippen molar-refractivity contribution in [1.82, 2.24) is 4.90 Å². The molecule has 0 spiro atoms. The van der Waals surface area contributed by atoms with Gasteiger partial charge in [0.05, 0.1) is 19.8 Å². The normalized spacial score (nSPS) is 12.4. The minimum absolute atomic E-state index is 0.0364. The molecule has 0 fully saturated rings. The van der Waals surface area contributed by atoms with E-state index in [1.165, 1.54) is 6.92 Å². The standard InChI is InChI=1S/C9H16F2N2O4/c1-2-17-9(16)7(12)8(15)13(3-4-14)5-6(10)11/h6-7,14H,2-5,12H2,1H3. The van der Waals surface area contributed by atoms with E-state index in [2.05, 4.69) is 4.74 Å². The van der Waals surface area contributed by atoms with E-state index in [0.29, 0.717) is 4.90 Å². The van der Waals surface area contributed by atoms with Crippen LogP contribution in [0.4, 0.5) is 8.78 Å². The molecule has 0 heterocycles. The van der Waals surface area contributed by atoms with Gasteiger partial charge in [-0.2, -0.15) is 0 Å². The molecule has 1 unspecified atom stereocenters. The molecule has 0 radical (unpaired) electrons. The van der Waals surface area contributed by atoms with Crippen LogP contribution in [-0.2, 0) is 14.3 Å². The van der Waals surface area contributed by atoms with Crippen molar-refractivity contribution in [3.8, 4) is 0 Å². The number of rotatable bonds is 7. The van der Waals surface area contributed by atoms with Gasteiger partial charge < -0.3 is 20.5 Å². The highest BCUT2D eigenvalue weighted by atomic mass is 19.3. The second-order valence-electron chi connectivity index (χ2n) is 3.13. The Balaban J connectivity index is 4.53. The van der Waals surface area contributed by atoms with Gasteiger partial charge in [0.15, 0.2) is 6.04 Å². The third-order valence-electron chi connectivity index (χ3n) is 1.85. The van der Waals surface area contributed by atoms with Crippen LogP contribution in [-0.4, -0.2) is 60.7 Å². The minimum Gasteiger partial charge on any atom is -0.464 e. The Kier molecular flexibility index (Phi) is 7.31. The molecule has 0 rings (SSSR count). The van der Waals surface area contributed by atoms with Gasteiger partial charge in [0.25, 0.3) is 12.3 Å². The third-order valence-corrected chi connectivity index (χ3v) is 1.85. The molecule has 17 heavy (non-hydrogen) atoms. The van der Waals surface area contributed by atoms with E-state index >= 15 is 0 Å². The summed E-state index contributed by atoms with van der Waals surface area (Å²) < 4.78 is 28.8. The number of aliphatic hydroxyl groups is 1.